The summed E-state index contributed by atoms with van der Waals surface area (Å²) in [7, 11) is 0. The number of pyridine rings is 1. The molecule has 0 amide bonds. The van der Waals surface area contributed by atoms with Crippen molar-refractivity contribution in [3.8, 4) is 10.7 Å². The lowest BCUT2D eigenvalue weighted by Gasteiger charge is -2.30. The lowest BCUT2D eigenvalue weighted by Crippen LogP contribution is -2.23. The van der Waals surface area contributed by atoms with Crippen molar-refractivity contribution in [2.75, 3.05) is 0 Å². The topological polar surface area (TPSA) is 65.1 Å². The fourth-order valence-electron chi connectivity index (χ4n) is 5.73. The van der Waals surface area contributed by atoms with E-state index in [0.717, 1.165) is 33.4 Å². The summed E-state index contributed by atoms with van der Waals surface area (Å²) in [5.74, 6) is 3.88. The molecule has 0 saturated heterocycles. The van der Waals surface area contributed by atoms with Gasteiger partial charge < -0.3 is 0 Å². The molecule has 2 saturated carbocycles. The first-order valence-corrected chi connectivity index (χ1v) is 13.6. The molecule has 4 unspecified atom stereocenters. The average molecular weight is 498 g/mol. The molecule has 4 aromatic heterocycles. The predicted octanol–water partition coefficient (Wildman–Crippen LogP) is 5.96. The van der Waals surface area contributed by atoms with Gasteiger partial charge in [0.15, 0.2) is 11.0 Å². The molecule has 0 aliphatic heterocycles. The molecular formula is C24H24ClN5OS2. The lowest BCUT2D eigenvalue weighted by atomic mass is 9.84. The maximum Gasteiger partial charge on any atom is 0.258 e. The van der Waals surface area contributed by atoms with E-state index in [1.807, 2.05) is 0 Å². The van der Waals surface area contributed by atoms with Crippen LogP contribution in [-0.2, 0) is 5.75 Å². The number of rotatable bonds is 6. The Morgan fingerprint density at radius 3 is 2.91 bits per heavy atom. The van der Waals surface area contributed by atoms with E-state index in [0.29, 0.717) is 28.4 Å². The van der Waals surface area contributed by atoms with Gasteiger partial charge in [0, 0.05) is 24.1 Å². The highest BCUT2D eigenvalue weighted by molar-refractivity contribution is 7.98. The van der Waals surface area contributed by atoms with Crippen LogP contribution in [0.15, 0.2) is 51.9 Å². The van der Waals surface area contributed by atoms with E-state index in [9.17, 15) is 4.79 Å². The minimum atomic E-state index is -0.130. The van der Waals surface area contributed by atoms with Crippen LogP contribution < -0.4 is 5.56 Å². The first kappa shape index (κ1) is 21.4. The van der Waals surface area contributed by atoms with Crippen LogP contribution in [0.2, 0.25) is 5.02 Å². The van der Waals surface area contributed by atoms with Crippen molar-refractivity contribution in [3.63, 3.8) is 0 Å². The summed E-state index contributed by atoms with van der Waals surface area (Å²) in [6.45, 7) is 2.33. The third-order valence-electron chi connectivity index (χ3n) is 7.25. The minimum Gasteiger partial charge on any atom is -0.298 e. The molecule has 6 nitrogen and oxygen atoms in total. The molecule has 2 bridgehead atoms. The van der Waals surface area contributed by atoms with Gasteiger partial charge in [0.1, 0.15) is 5.65 Å². The summed E-state index contributed by atoms with van der Waals surface area (Å²) in [5.41, 5.74) is 1.19. The summed E-state index contributed by atoms with van der Waals surface area (Å²) < 4.78 is 3.82. The van der Waals surface area contributed by atoms with Crippen molar-refractivity contribution < 1.29 is 0 Å². The highest BCUT2D eigenvalue weighted by atomic mass is 35.5. The number of fused-ring (bicyclic) bond motifs is 3. The van der Waals surface area contributed by atoms with Gasteiger partial charge in [-0.15, -0.1) is 21.5 Å². The maximum atomic E-state index is 12.6. The van der Waals surface area contributed by atoms with Gasteiger partial charge in [-0.05, 0) is 67.5 Å². The fraction of sp³-hybridized carbons (Fsp3) is 0.417. The molecule has 2 aliphatic rings. The van der Waals surface area contributed by atoms with Gasteiger partial charge in [-0.1, -0.05) is 35.9 Å². The summed E-state index contributed by atoms with van der Waals surface area (Å²) in [6.07, 6.45) is 7.04. The summed E-state index contributed by atoms with van der Waals surface area (Å²) >= 11 is 9.33. The second-order valence-electron chi connectivity index (χ2n) is 9.18. The molecular weight excluding hydrogens is 474 g/mol. The van der Waals surface area contributed by atoms with E-state index in [4.69, 9.17) is 11.6 Å². The number of thiophene rings is 1. The van der Waals surface area contributed by atoms with Crippen molar-refractivity contribution in [2.45, 2.75) is 49.6 Å². The molecule has 0 radical (unpaired) electrons. The summed E-state index contributed by atoms with van der Waals surface area (Å²) in [5, 5.41) is 12.7. The van der Waals surface area contributed by atoms with Gasteiger partial charge in [-0.25, -0.2) is 4.98 Å². The van der Waals surface area contributed by atoms with Crippen molar-refractivity contribution in [1.82, 2.24) is 24.1 Å². The Balaban J connectivity index is 1.32. The molecule has 6 rings (SSSR count). The van der Waals surface area contributed by atoms with Gasteiger partial charge in [-0.3, -0.25) is 13.8 Å². The van der Waals surface area contributed by atoms with Crippen LogP contribution in [0, 0.1) is 17.8 Å². The fourth-order valence-corrected chi connectivity index (χ4v) is 7.51. The molecule has 33 heavy (non-hydrogen) atoms. The molecule has 4 atom stereocenters. The Kier molecular flexibility index (Phi) is 5.55. The highest BCUT2D eigenvalue weighted by Gasteiger charge is 2.43. The Labute approximate surface area is 205 Å². The zero-order chi connectivity index (χ0) is 22.5. The van der Waals surface area contributed by atoms with Gasteiger partial charge in [0.05, 0.1) is 15.6 Å². The van der Waals surface area contributed by atoms with Crippen molar-refractivity contribution in [2.24, 2.45) is 17.8 Å². The van der Waals surface area contributed by atoms with Gasteiger partial charge in [-0.2, -0.15) is 0 Å². The molecule has 2 fully saturated rings. The molecule has 0 aromatic carbocycles. The van der Waals surface area contributed by atoms with E-state index >= 15 is 0 Å². The van der Waals surface area contributed by atoms with Crippen LogP contribution in [0.5, 0.6) is 0 Å². The number of hydrogen-bond acceptors (Lipinski definition) is 6. The van der Waals surface area contributed by atoms with Crippen LogP contribution in [0.1, 0.15) is 44.3 Å². The van der Waals surface area contributed by atoms with Gasteiger partial charge in [0.2, 0.25) is 0 Å². The van der Waals surface area contributed by atoms with Crippen LogP contribution >= 0.6 is 34.7 Å². The first-order valence-electron chi connectivity index (χ1n) is 11.4. The molecule has 0 spiro atoms. The van der Waals surface area contributed by atoms with Crippen LogP contribution in [0.25, 0.3) is 16.3 Å². The van der Waals surface area contributed by atoms with Crippen LogP contribution in [0.3, 0.4) is 0 Å². The van der Waals surface area contributed by atoms with Crippen molar-refractivity contribution in [1.29, 1.82) is 0 Å². The molecule has 4 heterocycles. The van der Waals surface area contributed by atoms with E-state index < -0.39 is 0 Å². The Bertz CT molecular complexity index is 1370. The monoisotopic (exact) mass is 497 g/mol. The number of thioether (sulfide) groups is 1. The first-order chi connectivity index (χ1) is 16.1. The number of aromatic nitrogens is 5. The normalized spacial score (nSPS) is 22.9. The number of halogens is 1. The van der Waals surface area contributed by atoms with Crippen molar-refractivity contribution in [3.05, 3.63) is 63.0 Å². The van der Waals surface area contributed by atoms with E-state index in [-0.39, 0.29) is 5.56 Å². The van der Waals surface area contributed by atoms with Gasteiger partial charge in [0.25, 0.3) is 5.56 Å². The number of nitrogens with zero attached hydrogens (tertiary/aromatic N) is 5. The van der Waals surface area contributed by atoms with E-state index in [2.05, 4.69) is 44.2 Å². The molecule has 170 valence electrons. The summed E-state index contributed by atoms with van der Waals surface area (Å²) in [4.78, 5) is 18.4. The zero-order valence-electron chi connectivity index (χ0n) is 18.2. The third kappa shape index (κ3) is 3.92. The lowest BCUT2D eigenvalue weighted by molar-refractivity contribution is 0.235. The Morgan fingerprint density at radius 1 is 1.24 bits per heavy atom. The highest BCUT2D eigenvalue weighted by Crippen LogP contribution is 2.53. The number of hydrogen-bond donors (Lipinski definition) is 0. The Hall–Kier alpha value is -2.16. The van der Waals surface area contributed by atoms with E-state index in [1.165, 1.54) is 30.1 Å². The molecule has 9 heteroatoms. The van der Waals surface area contributed by atoms with Crippen LogP contribution in [-0.4, -0.2) is 24.1 Å². The largest absolute Gasteiger partial charge is 0.298 e. The quantitative estimate of drug-likeness (QED) is 0.307. The zero-order valence-corrected chi connectivity index (χ0v) is 20.6. The molecule has 4 aromatic rings. The Morgan fingerprint density at radius 2 is 2.15 bits per heavy atom. The smallest absolute Gasteiger partial charge is 0.258 e. The standard InChI is InChI=1S/C24H24ClN5OS2/c1-14(19-10-15-4-5-16(19)9-15)30-23(20-3-2-8-32-20)27-28-24(30)33-13-18-11-22(31)29-12-17(25)6-7-21(29)26-18/h2-3,6-8,11-12,14-16,19H,4-5,9-10,13H2,1H3. The minimum absolute atomic E-state index is 0.130. The maximum absolute atomic E-state index is 12.6. The summed E-state index contributed by atoms with van der Waals surface area (Å²) in [6, 6.07) is 9.62. The second kappa shape index (κ2) is 8.56. The molecule has 2 aliphatic carbocycles. The molecule has 0 N–H and O–H groups in total. The predicted molar refractivity (Wildman–Crippen MR) is 133 cm³/mol. The van der Waals surface area contributed by atoms with Crippen LogP contribution in [0.4, 0.5) is 0 Å². The average Bonchev–Trinajstić information content (AvgIpc) is 3.61. The van der Waals surface area contributed by atoms with E-state index in [1.54, 1.807) is 47.5 Å². The van der Waals surface area contributed by atoms with Crippen molar-refractivity contribution >= 4 is 40.3 Å². The second-order valence-corrected chi connectivity index (χ2v) is 11.5. The van der Waals surface area contributed by atoms with Gasteiger partial charge >= 0.3 is 0 Å². The SMILES string of the molecule is CC(C1CC2CCC1C2)n1c(SCc2cc(=O)n3cc(Cl)ccc3n2)nnc1-c1cccs1. The third-order valence-corrected chi connectivity index (χ3v) is 9.32.